The van der Waals surface area contributed by atoms with E-state index in [1.54, 1.807) is 0 Å². The minimum atomic E-state index is -1.15. The van der Waals surface area contributed by atoms with Crippen LogP contribution >= 0.6 is 0 Å². The topological polar surface area (TPSA) is 93.4 Å². The molecule has 0 radical (unpaired) electrons. The molecule has 0 saturated heterocycles. The second-order valence-corrected chi connectivity index (χ2v) is 5.22. The van der Waals surface area contributed by atoms with E-state index >= 15 is 0 Å². The van der Waals surface area contributed by atoms with Gasteiger partial charge in [-0.1, -0.05) is 25.7 Å². The van der Waals surface area contributed by atoms with Crippen LogP contribution in [0.3, 0.4) is 0 Å². The standard InChI is InChI=1S/C14H23N3O3/c1-2-17(11-7-10-15)13(20)16-14(12(18)19)8-5-3-4-6-9-14/h2-9,11H2,1H3,(H,16,20)(H,18,19). The number of hydrogen-bond donors (Lipinski definition) is 2. The van der Waals surface area contributed by atoms with Crippen LogP contribution in [0.15, 0.2) is 0 Å². The fourth-order valence-corrected chi connectivity index (χ4v) is 2.60. The van der Waals surface area contributed by atoms with Crippen molar-refractivity contribution in [3.63, 3.8) is 0 Å². The number of amides is 2. The minimum absolute atomic E-state index is 0.251. The Morgan fingerprint density at radius 2 is 1.90 bits per heavy atom. The summed E-state index contributed by atoms with van der Waals surface area (Å²) in [5.74, 6) is -0.955. The summed E-state index contributed by atoms with van der Waals surface area (Å²) in [4.78, 5) is 25.3. The largest absolute Gasteiger partial charge is 0.480 e. The SMILES string of the molecule is CCN(CCC#N)C(=O)NC1(C(=O)O)CCCCCC1. The van der Waals surface area contributed by atoms with Crippen LogP contribution in [-0.4, -0.2) is 40.6 Å². The van der Waals surface area contributed by atoms with Crippen LogP contribution in [0, 0.1) is 11.3 Å². The van der Waals surface area contributed by atoms with Gasteiger partial charge < -0.3 is 15.3 Å². The van der Waals surface area contributed by atoms with Gasteiger partial charge in [0.05, 0.1) is 12.5 Å². The number of urea groups is 1. The van der Waals surface area contributed by atoms with E-state index in [1.165, 1.54) is 4.90 Å². The van der Waals surface area contributed by atoms with Crippen LogP contribution in [-0.2, 0) is 4.79 Å². The number of nitrogens with zero attached hydrogens (tertiary/aromatic N) is 2. The summed E-state index contributed by atoms with van der Waals surface area (Å²) in [5.41, 5.74) is -1.15. The van der Waals surface area contributed by atoms with Gasteiger partial charge in [0.1, 0.15) is 5.54 Å². The average Bonchev–Trinajstić information content (AvgIpc) is 2.66. The zero-order chi connectivity index (χ0) is 15.0. The van der Waals surface area contributed by atoms with Crippen molar-refractivity contribution in [3.05, 3.63) is 0 Å². The van der Waals surface area contributed by atoms with Gasteiger partial charge in [-0.25, -0.2) is 9.59 Å². The van der Waals surface area contributed by atoms with Crippen molar-refractivity contribution in [1.82, 2.24) is 10.2 Å². The van der Waals surface area contributed by atoms with Crippen molar-refractivity contribution < 1.29 is 14.7 Å². The van der Waals surface area contributed by atoms with Crippen molar-refractivity contribution >= 4 is 12.0 Å². The first kappa shape index (κ1) is 16.3. The number of hydrogen-bond acceptors (Lipinski definition) is 3. The molecule has 0 aliphatic heterocycles. The van der Waals surface area contributed by atoms with Gasteiger partial charge in [-0.05, 0) is 19.8 Å². The maximum absolute atomic E-state index is 12.2. The fourth-order valence-electron chi connectivity index (χ4n) is 2.60. The molecular weight excluding hydrogens is 258 g/mol. The number of carboxylic acids is 1. The van der Waals surface area contributed by atoms with Gasteiger partial charge in [-0.3, -0.25) is 0 Å². The zero-order valence-electron chi connectivity index (χ0n) is 12.0. The minimum Gasteiger partial charge on any atom is -0.480 e. The Kier molecular flexibility index (Phi) is 6.29. The number of carboxylic acid groups (broad SMARTS) is 1. The van der Waals surface area contributed by atoms with Gasteiger partial charge >= 0.3 is 12.0 Å². The van der Waals surface area contributed by atoms with Gasteiger partial charge in [-0.15, -0.1) is 0 Å². The molecule has 0 aromatic carbocycles. The molecule has 1 aliphatic rings. The van der Waals surface area contributed by atoms with E-state index in [-0.39, 0.29) is 12.5 Å². The summed E-state index contributed by atoms with van der Waals surface area (Å²) < 4.78 is 0. The van der Waals surface area contributed by atoms with Crippen LogP contribution < -0.4 is 5.32 Å². The lowest BCUT2D eigenvalue weighted by atomic mass is 9.90. The summed E-state index contributed by atoms with van der Waals surface area (Å²) in [7, 11) is 0. The van der Waals surface area contributed by atoms with E-state index in [1.807, 2.05) is 13.0 Å². The first-order chi connectivity index (χ1) is 9.55. The molecule has 0 heterocycles. The lowest BCUT2D eigenvalue weighted by Gasteiger charge is -2.32. The molecule has 0 spiro atoms. The van der Waals surface area contributed by atoms with Gasteiger partial charge in [0.25, 0.3) is 0 Å². The molecule has 2 N–H and O–H groups in total. The molecule has 6 heteroatoms. The van der Waals surface area contributed by atoms with Crippen molar-refractivity contribution in [3.8, 4) is 6.07 Å². The highest BCUT2D eigenvalue weighted by Gasteiger charge is 2.40. The molecule has 1 fully saturated rings. The fraction of sp³-hybridized carbons (Fsp3) is 0.786. The quantitative estimate of drug-likeness (QED) is 0.755. The van der Waals surface area contributed by atoms with Gasteiger partial charge in [0, 0.05) is 13.1 Å². The lowest BCUT2D eigenvalue weighted by Crippen LogP contribution is -2.57. The molecule has 1 rings (SSSR count). The summed E-state index contributed by atoms with van der Waals surface area (Å²) >= 11 is 0. The van der Waals surface area contributed by atoms with Gasteiger partial charge in [0.15, 0.2) is 0 Å². The van der Waals surface area contributed by atoms with E-state index in [2.05, 4.69) is 5.32 Å². The molecule has 112 valence electrons. The Morgan fingerprint density at radius 3 is 2.35 bits per heavy atom. The third kappa shape index (κ3) is 4.12. The normalized spacial score (nSPS) is 17.6. The molecule has 6 nitrogen and oxygen atoms in total. The lowest BCUT2D eigenvalue weighted by molar-refractivity contribution is -0.145. The molecule has 0 unspecified atom stereocenters. The highest BCUT2D eigenvalue weighted by atomic mass is 16.4. The Balaban J connectivity index is 2.76. The molecular formula is C14H23N3O3. The Morgan fingerprint density at radius 1 is 1.30 bits per heavy atom. The number of rotatable bonds is 5. The molecule has 1 aliphatic carbocycles. The summed E-state index contributed by atoms with van der Waals surface area (Å²) in [6.45, 7) is 2.61. The van der Waals surface area contributed by atoms with Crippen molar-refractivity contribution in [2.24, 2.45) is 0 Å². The van der Waals surface area contributed by atoms with E-state index in [4.69, 9.17) is 5.26 Å². The molecule has 0 aromatic heterocycles. The first-order valence-corrected chi connectivity index (χ1v) is 7.23. The van der Waals surface area contributed by atoms with E-state index in [0.29, 0.717) is 25.9 Å². The van der Waals surface area contributed by atoms with E-state index < -0.39 is 11.5 Å². The molecule has 0 atom stereocenters. The number of aliphatic carboxylic acids is 1. The van der Waals surface area contributed by atoms with E-state index in [9.17, 15) is 14.7 Å². The van der Waals surface area contributed by atoms with Crippen LogP contribution in [0.5, 0.6) is 0 Å². The second kappa shape index (κ2) is 7.73. The second-order valence-electron chi connectivity index (χ2n) is 5.22. The van der Waals surface area contributed by atoms with Gasteiger partial charge in [-0.2, -0.15) is 5.26 Å². The maximum atomic E-state index is 12.2. The molecule has 2 amide bonds. The Hall–Kier alpha value is -1.77. The van der Waals surface area contributed by atoms with Crippen molar-refractivity contribution in [2.45, 2.75) is 57.4 Å². The molecule has 0 bridgehead atoms. The third-order valence-electron chi connectivity index (χ3n) is 3.88. The van der Waals surface area contributed by atoms with Crippen LogP contribution in [0.4, 0.5) is 4.79 Å². The average molecular weight is 281 g/mol. The third-order valence-corrected chi connectivity index (χ3v) is 3.88. The van der Waals surface area contributed by atoms with Crippen molar-refractivity contribution in [2.75, 3.05) is 13.1 Å². The summed E-state index contributed by atoms with van der Waals surface area (Å²) in [5, 5.41) is 20.8. The molecule has 20 heavy (non-hydrogen) atoms. The number of nitriles is 1. The predicted octanol–water partition coefficient (Wildman–Crippen LogP) is 2.11. The number of carbonyl (C=O) groups is 2. The van der Waals surface area contributed by atoms with Crippen LogP contribution in [0.1, 0.15) is 51.9 Å². The summed E-state index contributed by atoms with van der Waals surface area (Å²) in [6, 6.07) is 1.61. The van der Waals surface area contributed by atoms with E-state index in [0.717, 1.165) is 25.7 Å². The number of nitrogens with one attached hydrogen (secondary N) is 1. The Labute approximate surface area is 119 Å². The van der Waals surface area contributed by atoms with Crippen LogP contribution in [0.25, 0.3) is 0 Å². The summed E-state index contributed by atoms with van der Waals surface area (Å²) in [6.07, 6.45) is 4.86. The number of carbonyl (C=O) groups excluding carboxylic acids is 1. The molecule has 1 saturated carbocycles. The first-order valence-electron chi connectivity index (χ1n) is 7.23. The molecule has 0 aromatic rings. The monoisotopic (exact) mass is 281 g/mol. The highest BCUT2D eigenvalue weighted by Crippen LogP contribution is 2.27. The van der Waals surface area contributed by atoms with Crippen molar-refractivity contribution in [1.29, 1.82) is 5.26 Å². The zero-order valence-corrected chi connectivity index (χ0v) is 12.0. The van der Waals surface area contributed by atoms with Crippen LogP contribution in [0.2, 0.25) is 0 Å². The smallest absolute Gasteiger partial charge is 0.329 e. The highest BCUT2D eigenvalue weighted by molar-refractivity contribution is 5.86. The Bertz CT molecular complexity index is 382. The van der Waals surface area contributed by atoms with Gasteiger partial charge in [0.2, 0.25) is 0 Å². The maximum Gasteiger partial charge on any atom is 0.329 e. The predicted molar refractivity (Wildman–Crippen MR) is 74.1 cm³/mol.